The molecule has 0 aliphatic carbocycles. The van der Waals surface area contributed by atoms with Crippen LogP contribution in [0.5, 0.6) is 11.5 Å². The second kappa shape index (κ2) is 5.85. The Kier molecular flexibility index (Phi) is 4.09. The number of fused-ring (bicyclic) bond motifs is 1. The van der Waals surface area contributed by atoms with Crippen LogP contribution in [-0.4, -0.2) is 31.3 Å². The van der Waals surface area contributed by atoms with Gasteiger partial charge < -0.3 is 20.1 Å². The molecule has 0 amide bonds. The van der Waals surface area contributed by atoms with Gasteiger partial charge in [0.25, 0.3) is 0 Å². The van der Waals surface area contributed by atoms with Crippen molar-refractivity contribution in [3.8, 4) is 11.5 Å². The third-order valence-corrected chi connectivity index (χ3v) is 5.30. The molecule has 1 aromatic rings. The van der Waals surface area contributed by atoms with Crippen LogP contribution in [0.4, 0.5) is 0 Å². The van der Waals surface area contributed by atoms with E-state index in [9.17, 15) is 0 Å². The van der Waals surface area contributed by atoms with Crippen molar-refractivity contribution in [1.29, 1.82) is 0 Å². The Bertz CT molecular complexity index is 500. The fraction of sp³-hybridized carbons (Fsp3) is 0.647. The molecule has 0 saturated carbocycles. The molecule has 2 N–H and O–H groups in total. The Hall–Kier alpha value is -1.26. The minimum Gasteiger partial charge on any atom is -0.454 e. The summed E-state index contributed by atoms with van der Waals surface area (Å²) >= 11 is 0. The van der Waals surface area contributed by atoms with Gasteiger partial charge in [0.15, 0.2) is 11.5 Å². The summed E-state index contributed by atoms with van der Waals surface area (Å²) in [5.41, 5.74) is 8.04. The summed E-state index contributed by atoms with van der Waals surface area (Å²) in [6, 6.07) is 6.07. The number of nitrogens with two attached hydrogens (primary N) is 1. The number of ether oxygens (including phenoxy) is 2. The zero-order valence-corrected chi connectivity index (χ0v) is 13.1. The van der Waals surface area contributed by atoms with Crippen molar-refractivity contribution in [3.63, 3.8) is 0 Å². The van der Waals surface area contributed by atoms with E-state index in [1.807, 2.05) is 12.1 Å². The van der Waals surface area contributed by atoms with Crippen LogP contribution in [0.15, 0.2) is 18.2 Å². The predicted octanol–water partition coefficient (Wildman–Crippen LogP) is 2.93. The van der Waals surface area contributed by atoms with E-state index >= 15 is 0 Å². The van der Waals surface area contributed by atoms with Gasteiger partial charge in [-0.2, -0.15) is 0 Å². The van der Waals surface area contributed by atoms with E-state index in [0.29, 0.717) is 12.2 Å². The molecule has 116 valence electrons. The molecule has 1 aromatic carbocycles. The lowest BCUT2D eigenvalue weighted by Gasteiger charge is -2.27. The van der Waals surface area contributed by atoms with Crippen molar-refractivity contribution in [2.45, 2.75) is 39.2 Å². The quantitative estimate of drug-likeness (QED) is 0.906. The summed E-state index contributed by atoms with van der Waals surface area (Å²) in [6.07, 6.45) is 3.83. The van der Waals surface area contributed by atoms with Crippen LogP contribution in [0.2, 0.25) is 0 Å². The molecule has 2 aliphatic heterocycles. The number of hydrogen-bond acceptors (Lipinski definition) is 4. The van der Waals surface area contributed by atoms with E-state index in [0.717, 1.165) is 23.6 Å². The van der Waals surface area contributed by atoms with Gasteiger partial charge in [-0.05, 0) is 48.9 Å². The summed E-state index contributed by atoms with van der Waals surface area (Å²) in [7, 11) is 0. The van der Waals surface area contributed by atoms with Gasteiger partial charge in [0.1, 0.15) is 0 Å². The first-order valence-corrected chi connectivity index (χ1v) is 8.03. The first-order valence-electron chi connectivity index (χ1n) is 8.03. The average molecular weight is 290 g/mol. The molecule has 0 aromatic heterocycles. The summed E-state index contributed by atoms with van der Waals surface area (Å²) < 4.78 is 10.8. The summed E-state index contributed by atoms with van der Waals surface area (Å²) in [4.78, 5) is 2.52. The molecule has 0 bridgehead atoms. The van der Waals surface area contributed by atoms with Gasteiger partial charge >= 0.3 is 0 Å². The van der Waals surface area contributed by atoms with Gasteiger partial charge in [-0.15, -0.1) is 0 Å². The van der Waals surface area contributed by atoms with Crippen LogP contribution in [0.25, 0.3) is 0 Å². The van der Waals surface area contributed by atoms with Crippen molar-refractivity contribution in [1.82, 2.24) is 4.90 Å². The first-order chi connectivity index (χ1) is 10.2. The minimum absolute atomic E-state index is 0.0315. The first kappa shape index (κ1) is 14.7. The highest BCUT2D eigenvalue weighted by Gasteiger charge is 2.35. The second-order valence-corrected chi connectivity index (χ2v) is 6.41. The number of hydrogen-bond donors (Lipinski definition) is 1. The Morgan fingerprint density at radius 2 is 2.00 bits per heavy atom. The van der Waals surface area contributed by atoms with Crippen molar-refractivity contribution >= 4 is 0 Å². The summed E-state index contributed by atoms with van der Waals surface area (Å²) in [5, 5.41) is 0. The molecule has 0 spiro atoms. The van der Waals surface area contributed by atoms with Crippen molar-refractivity contribution in [2.75, 3.05) is 26.4 Å². The van der Waals surface area contributed by atoms with E-state index in [-0.39, 0.29) is 6.04 Å². The van der Waals surface area contributed by atoms with Crippen LogP contribution in [0.1, 0.15) is 44.7 Å². The van der Waals surface area contributed by atoms with Gasteiger partial charge in [0, 0.05) is 19.1 Å². The summed E-state index contributed by atoms with van der Waals surface area (Å²) in [5.74, 6) is 1.64. The zero-order valence-electron chi connectivity index (χ0n) is 13.1. The molecule has 2 aliphatic rings. The van der Waals surface area contributed by atoms with Crippen LogP contribution in [0, 0.1) is 5.41 Å². The lowest BCUT2D eigenvalue weighted by molar-refractivity contribution is 0.174. The van der Waals surface area contributed by atoms with Crippen molar-refractivity contribution in [2.24, 2.45) is 11.1 Å². The minimum atomic E-state index is 0.0315. The third kappa shape index (κ3) is 2.87. The van der Waals surface area contributed by atoms with Gasteiger partial charge in [0.2, 0.25) is 6.79 Å². The molecule has 0 radical (unpaired) electrons. The van der Waals surface area contributed by atoms with Crippen molar-refractivity contribution < 1.29 is 9.47 Å². The molecule has 4 nitrogen and oxygen atoms in total. The highest BCUT2D eigenvalue weighted by Crippen LogP contribution is 2.38. The molecule has 21 heavy (non-hydrogen) atoms. The second-order valence-electron chi connectivity index (χ2n) is 6.41. The monoisotopic (exact) mass is 290 g/mol. The molecular weight excluding hydrogens is 264 g/mol. The zero-order chi connectivity index (χ0) is 14.9. The van der Waals surface area contributed by atoms with Gasteiger partial charge in [0.05, 0.1) is 0 Å². The van der Waals surface area contributed by atoms with Crippen LogP contribution < -0.4 is 15.2 Å². The lowest BCUT2D eigenvalue weighted by atomic mass is 9.82. The van der Waals surface area contributed by atoms with Crippen molar-refractivity contribution in [3.05, 3.63) is 23.8 Å². The highest BCUT2D eigenvalue weighted by molar-refractivity contribution is 5.45. The smallest absolute Gasteiger partial charge is 0.231 e. The molecule has 2 heterocycles. The van der Waals surface area contributed by atoms with Gasteiger partial charge in [-0.25, -0.2) is 0 Å². The SMILES string of the molecule is CCC1(CC)CCN(CC(N)c2ccc3c(c2)OCO3)C1. The van der Waals surface area contributed by atoms with Crippen LogP contribution >= 0.6 is 0 Å². The van der Waals surface area contributed by atoms with E-state index in [1.54, 1.807) is 0 Å². The number of nitrogens with zero attached hydrogens (tertiary/aromatic N) is 1. The van der Waals surface area contributed by atoms with Crippen LogP contribution in [-0.2, 0) is 0 Å². The van der Waals surface area contributed by atoms with E-state index in [1.165, 1.54) is 32.4 Å². The molecule has 1 fully saturated rings. The Morgan fingerprint density at radius 1 is 1.24 bits per heavy atom. The molecule has 1 saturated heterocycles. The molecule has 4 heteroatoms. The fourth-order valence-corrected chi connectivity index (χ4v) is 3.54. The Morgan fingerprint density at radius 3 is 2.71 bits per heavy atom. The largest absolute Gasteiger partial charge is 0.454 e. The molecule has 3 rings (SSSR count). The molecule has 1 unspecified atom stereocenters. The van der Waals surface area contributed by atoms with Gasteiger partial charge in [-0.3, -0.25) is 0 Å². The predicted molar refractivity (Wildman–Crippen MR) is 83.6 cm³/mol. The normalized spacial score (nSPS) is 21.7. The average Bonchev–Trinajstić information content (AvgIpc) is 3.13. The maximum absolute atomic E-state index is 6.40. The fourth-order valence-electron chi connectivity index (χ4n) is 3.54. The third-order valence-electron chi connectivity index (χ3n) is 5.30. The maximum Gasteiger partial charge on any atom is 0.231 e. The lowest BCUT2D eigenvalue weighted by Crippen LogP contribution is -2.32. The Balaban J connectivity index is 1.63. The van der Waals surface area contributed by atoms with Gasteiger partial charge in [-0.1, -0.05) is 19.9 Å². The molecular formula is C17H26N2O2. The summed E-state index contributed by atoms with van der Waals surface area (Å²) in [6.45, 7) is 8.20. The van der Waals surface area contributed by atoms with Crippen LogP contribution in [0.3, 0.4) is 0 Å². The number of likely N-dealkylation sites (tertiary alicyclic amines) is 1. The standard InChI is InChI=1S/C17H26N2O2/c1-3-17(4-2)7-8-19(11-17)10-14(18)13-5-6-15-16(9-13)21-12-20-15/h5-6,9,14H,3-4,7-8,10-12,18H2,1-2H3. The van der Waals surface area contributed by atoms with E-state index in [4.69, 9.17) is 15.2 Å². The van der Waals surface area contributed by atoms with E-state index < -0.39 is 0 Å². The molecule has 1 atom stereocenters. The number of benzene rings is 1. The highest BCUT2D eigenvalue weighted by atomic mass is 16.7. The van der Waals surface area contributed by atoms with E-state index in [2.05, 4.69) is 24.8 Å². The topological polar surface area (TPSA) is 47.7 Å². The Labute approximate surface area is 127 Å². The number of rotatable bonds is 5. The maximum atomic E-state index is 6.40.